The van der Waals surface area contributed by atoms with Gasteiger partial charge in [-0.25, -0.2) is 0 Å². The van der Waals surface area contributed by atoms with Gasteiger partial charge in [0.15, 0.2) is 0 Å². The van der Waals surface area contributed by atoms with Gasteiger partial charge in [-0.2, -0.15) is 0 Å². The number of nitrogens with zero attached hydrogens (tertiary/aromatic N) is 1. The van der Waals surface area contributed by atoms with E-state index in [1.54, 1.807) is 18.2 Å². The first-order valence-electron chi connectivity index (χ1n) is 6.13. The SMILES string of the molecule is NC1CCC(=O)N(CC(=O)Nc2ccccc2Br)C1=O. The van der Waals surface area contributed by atoms with Crippen LogP contribution >= 0.6 is 15.9 Å². The highest BCUT2D eigenvalue weighted by Gasteiger charge is 2.33. The molecular formula is C13H14BrN3O3. The van der Waals surface area contributed by atoms with Crippen LogP contribution in [-0.2, 0) is 14.4 Å². The molecule has 3 N–H and O–H groups in total. The fraction of sp³-hybridized carbons (Fsp3) is 0.308. The van der Waals surface area contributed by atoms with Gasteiger partial charge in [-0.1, -0.05) is 12.1 Å². The molecular weight excluding hydrogens is 326 g/mol. The molecule has 0 bridgehead atoms. The molecule has 7 heteroatoms. The van der Waals surface area contributed by atoms with Gasteiger partial charge in [0.25, 0.3) is 0 Å². The van der Waals surface area contributed by atoms with Crippen molar-refractivity contribution in [3.63, 3.8) is 0 Å². The molecule has 1 aromatic rings. The van der Waals surface area contributed by atoms with Gasteiger partial charge in [0.1, 0.15) is 6.54 Å². The molecule has 1 heterocycles. The minimum absolute atomic E-state index is 0.190. The van der Waals surface area contributed by atoms with Crippen molar-refractivity contribution in [2.75, 3.05) is 11.9 Å². The molecule has 0 aliphatic carbocycles. The van der Waals surface area contributed by atoms with Crippen LogP contribution in [0.1, 0.15) is 12.8 Å². The number of carbonyl (C=O) groups excluding carboxylic acids is 3. The zero-order chi connectivity index (χ0) is 14.7. The normalized spacial score (nSPS) is 19.1. The lowest BCUT2D eigenvalue weighted by Crippen LogP contribution is -2.53. The quantitative estimate of drug-likeness (QED) is 0.799. The number of para-hydroxylation sites is 1. The number of imide groups is 1. The van der Waals surface area contributed by atoms with Gasteiger partial charge in [-0.05, 0) is 34.5 Å². The van der Waals surface area contributed by atoms with E-state index in [9.17, 15) is 14.4 Å². The Morgan fingerprint density at radius 3 is 2.80 bits per heavy atom. The first-order chi connectivity index (χ1) is 9.49. The smallest absolute Gasteiger partial charge is 0.246 e. The maximum atomic E-state index is 11.9. The predicted octanol–water partition coefficient (Wildman–Crippen LogP) is 0.864. The van der Waals surface area contributed by atoms with E-state index in [0.29, 0.717) is 12.1 Å². The summed E-state index contributed by atoms with van der Waals surface area (Å²) in [5.41, 5.74) is 6.18. The van der Waals surface area contributed by atoms with Gasteiger partial charge < -0.3 is 11.1 Å². The number of nitrogens with one attached hydrogen (secondary N) is 1. The molecule has 106 valence electrons. The van der Waals surface area contributed by atoms with Gasteiger partial charge in [-0.3, -0.25) is 19.3 Å². The molecule has 1 fully saturated rings. The third kappa shape index (κ3) is 3.23. The van der Waals surface area contributed by atoms with Crippen LogP contribution < -0.4 is 11.1 Å². The fourth-order valence-corrected chi connectivity index (χ4v) is 2.31. The number of amides is 3. The van der Waals surface area contributed by atoms with Gasteiger partial charge in [0.2, 0.25) is 17.7 Å². The van der Waals surface area contributed by atoms with E-state index in [-0.39, 0.29) is 18.9 Å². The zero-order valence-corrected chi connectivity index (χ0v) is 12.2. The van der Waals surface area contributed by atoms with Crippen molar-refractivity contribution < 1.29 is 14.4 Å². The molecule has 1 aliphatic rings. The maximum absolute atomic E-state index is 11.9. The van der Waals surface area contributed by atoms with Crippen LogP contribution in [-0.4, -0.2) is 35.2 Å². The maximum Gasteiger partial charge on any atom is 0.246 e. The van der Waals surface area contributed by atoms with E-state index in [4.69, 9.17) is 5.73 Å². The third-order valence-electron chi connectivity index (χ3n) is 3.00. The highest BCUT2D eigenvalue weighted by molar-refractivity contribution is 9.10. The van der Waals surface area contributed by atoms with Crippen LogP contribution in [0.15, 0.2) is 28.7 Å². The first kappa shape index (κ1) is 14.7. The van der Waals surface area contributed by atoms with E-state index in [0.717, 1.165) is 9.37 Å². The average molecular weight is 340 g/mol. The molecule has 20 heavy (non-hydrogen) atoms. The van der Waals surface area contributed by atoms with Crippen molar-refractivity contribution in [3.05, 3.63) is 28.7 Å². The molecule has 1 aromatic carbocycles. The number of nitrogens with two attached hydrogens (primary N) is 1. The summed E-state index contributed by atoms with van der Waals surface area (Å²) >= 11 is 3.30. The number of halogens is 1. The second-order valence-electron chi connectivity index (χ2n) is 4.49. The Kier molecular flexibility index (Phi) is 4.51. The number of piperidine rings is 1. The van der Waals surface area contributed by atoms with Gasteiger partial charge in [0, 0.05) is 10.9 Å². The summed E-state index contributed by atoms with van der Waals surface area (Å²) < 4.78 is 0.723. The van der Waals surface area contributed by atoms with E-state index >= 15 is 0 Å². The number of benzene rings is 1. The molecule has 1 saturated heterocycles. The van der Waals surface area contributed by atoms with Crippen LogP contribution in [0.25, 0.3) is 0 Å². The van der Waals surface area contributed by atoms with Gasteiger partial charge in [0.05, 0.1) is 11.7 Å². The van der Waals surface area contributed by atoms with Crippen LogP contribution in [0.4, 0.5) is 5.69 Å². The zero-order valence-electron chi connectivity index (χ0n) is 10.6. The fourth-order valence-electron chi connectivity index (χ4n) is 1.92. The number of rotatable bonds is 3. The van der Waals surface area contributed by atoms with Crippen LogP contribution in [0.5, 0.6) is 0 Å². The summed E-state index contributed by atoms with van der Waals surface area (Å²) in [6.45, 7) is -0.313. The third-order valence-corrected chi connectivity index (χ3v) is 3.69. The standard InChI is InChI=1S/C13H14BrN3O3/c14-8-3-1-2-4-10(8)16-11(18)7-17-12(19)6-5-9(15)13(17)20/h1-4,9H,5-7,15H2,(H,16,18). The Labute approximate surface area is 124 Å². The highest BCUT2D eigenvalue weighted by Crippen LogP contribution is 2.21. The molecule has 6 nitrogen and oxygen atoms in total. The van der Waals surface area contributed by atoms with Crippen LogP contribution in [0, 0.1) is 0 Å². The monoisotopic (exact) mass is 339 g/mol. The predicted molar refractivity (Wildman–Crippen MR) is 76.7 cm³/mol. The van der Waals surface area contributed by atoms with E-state index in [2.05, 4.69) is 21.2 Å². The first-order valence-corrected chi connectivity index (χ1v) is 6.92. The van der Waals surface area contributed by atoms with Crippen LogP contribution in [0.3, 0.4) is 0 Å². The van der Waals surface area contributed by atoms with Gasteiger partial charge in [-0.15, -0.1) is 0 Å². The molecule has 0 saturated carbocycles. The Hall–Kier alpha value is -1.73. The Morgan fingerprint density at radius 1 is 1.40 bits per heavy atom. The molecule has 1 atom stereocenters. The van der Waals surface area contributed by atoms with Gasteiger partial charge >= 0.3 is 0 Å². The number of hydrogen-bond donors (Lipinski definition) is 2. The van der Waals surface area contributed by atoms with E-state index < -0.39 is 17.9 Å². The average Bonchev–Trinajstić information content (AvgIpc) is 2.42. The van der Waals surface area contributed by atoms with E-state index in [1.807, 2.05) is 6.07 Å². The Bertz CT molecular complexity index is 562. The van der Waals surface area contributed by atoms with Crippen molar-refractivity contribution >= 4 is 39.3 Å². The second-order valence-corrected chi connectivity index (χ2v) is 5.35. The summed E-state index contributed by atoms with van der Waals surface area (Å²) in [6.07, 6.45) is 0.523. The summed E-state index contributed by atoms with van der Waals surface area (Å²) in [6, 6.07) is 6.38. The largest absolute Gasteiger partial charge is 0.324 e. The molecule has 2 rings (SSSR count). The summed E-state index contributed by atoms with van der Waals surface area (Å²) in [5.74, 6) is -1.30. The number of hydrogen-bond acceptors (Lipinski definition) is 4. The molecule has 1 aliphatic heterocycles. The Balaban J connectivity index is 2.02. The van der Waals surface area contributed by atoms with Crippen LogP contribution in [0.2, 0.25) is 0 Å². The Morgan fingerprint density at radius 2 is 2.10 bits per heavy atom. The lowest BCUT2D eigenvalue weighted by molar-refractivity contribution is -0.151. The summed E-state index contributed by atoms with van der Waals surface area (Å²) in [4.78, 5) is 36.3. The molecule has 0 radical (unpaired) electrons. The van der Waals surface area contributed by atoms with Crippen molar-refractivity contribution in [1.29, 1.82) is 0 Å². The minimum atomic E-state index is -0.705. The van der Waals surface area contributed by atoms with Crippen molar-refractivity contribution in [1.82, 2.24) is 4.90 Å². The number of carbonyl (C=O) groups is 3. The summed E-state index contributed by atoms with van der Waals surface area (Å²) in [7, 11) is 0. The van der Waals surface area contributed by atoms with Crippen molar-refractivity contribution in [2.24, 2.45) is 5.73 Å². The molecule has 3 amide bonds. The molecule has 1 unspecified atom stereocenters. The molecule has 0 spiro atoms. The topological polar surface area (TPSA) is 92.5 Å². The number of likely N-dealkylation sites (tertiary alicyclic amines) is 1. The second kappa shape index (κ2) is 6.15. The van der Waals surface area contributed by atoms with Crippen molar-refractivity contribution in [2.45, 2.75) is 18.9 Å². The van der Waals surface area contributed by atoms with E-state index in [1.165, 1.54) is 0 Å². The highest BCUT2D eigenvalue weighted by atomic mass is 79.9. The minimum Gasteiger partial charge on any atom is -0.324 e. The lowest BCUT2D eigenvalue weighted by atomic mass is 10.1. The lowest BCUT2D eigenvalue weighted by Gasteiger charge is -2.28. The summed E-state index contributed by atoms with van der Waals surface area (Å²) in [5, 5.41) is 2.64. The molecule has 0 aromatic heterocycles. The number of anilines is 1. The van der Waals surface area contributed by atoms with Crippen molar-refractivity contribution in [3.8, 4) is 0 Å².